The van der Waals surface area contributed by atoms with Gasteiger partial charge in [-0.25, -0.2) is 0 Å². The molecule has 1 aliphatic heterocycles. The summed E-state index contributed by atoms with van der Waals surface area (Å²) in [6.45, 7) is 0. The van der Waals surface area contributed by atoms with Crippen LogP contribution in [-0.4, -0.2) is 11.5 Å². The predicted octanol–water partition coefficient (Wildman–Crippen LogP) is 10.3. The van der Waals surface area contributed by atoms with E-state index in [1.165, 1.54) is 25.7 Å². The maximum Gasteiger partial charge on any atom is 0.0712 e. The first-order valence-electron chi connectivity index (χ1n) is 14.9. The number of hydrogen-bond donors (Lipinski definition) is 0. The summed E-state index contributed by atoms with van der Waals surface area (Å²) in [5, 5.41) is 0. The maximum atomic E-state index is 5.06. The van der Waals surface area contributed by atoms with Gasteiger partial charge in [0.2, 0.25) is 0 Å². The van der Waals surface area contributed by atoms with Gasteiger partial charge in [0.15, 0.2) is 0 Å². The van der Waals surface area contributed by atoms with E-state index in [1.54, 1.807) is 0 Å². The average Bonchev–Trinajstić information content (AvgIpc) is 3.68. The average molecular weight is 660 g/mol. The summed E-state index contributed by atoms with van der Waals surface area (Å²) in [6.07, 6.45) is 16.1. The van der Waals surface area contributed by atoms with E-state index in [4.69, 9.17) is 15.0 Å². The summed E-state index contributed by atoms with van der Waals surface area (Å²) in [4.78, 5) is 15.0. The van der Waals surface area contributed by atoms with Crippen molar-refractivity contribution in [1.29, 1.82) is 0 Å². The molecule has 0 amide bonds. The van der Waals surface area contributed by atoms with Crippen molar-refractivity contribution in [2.24, 2.45) is 9.98 Å². The number of amidine groups is 1. The van der Waals surface area contributed by atoms with Gasteiger partial charge in [0, 0.05) is 30.6 Å². The Morgan fingerprint density at radius 2 is 0.977 bits per heavy atom. The fraction of sp³-hybridized carbons (Fsp3) is 0.100. The van der Waals surface area contributed by atoms with Crippen molar-refractivity contribution in [3.63, 3.8) is 0 Å². The first kappa shape index (κ1) is 30.8. The molecule has 0 fully saturated rings. The van der Waals surface area contributed by atoms with E-state index in [9.17, 15) is 0 Å². The van der Waals surface area contributed by atoms with E-state index >= 15 is 0 Å². The molecular formula is C40H34N3Rh-. The second-order valence-electron chi connectivity index (χ2n) is 10.4. The molecule has 1 aliphatic carbocycles. The molecule has 219 valence electrons. The van der Waals surface area contributed by atoms with Crippen LogP contribution in [-0.2, 0) is 19.5 Å². The van der Waals surface area contributed by atoms with Crippen LogP contribution >= 0.6 is 0 Å². The van der Waals surface area contributed by atoms with E-state index < -0.39 is 0 Å². The van der Waals surface area contributed by atoms with Gasteiger partial charge in [0.1, 0.15) is 0 Å². The van der Waals surface area contributed by atoms with Gasteiger partial charge in [-0.05, 0) is 65.5 Å². The SMILES string of the molecule is C1=C(c2ccccc2)/C(=N/c2[n-]c(-c3ccccc3)cc2-c2ccccc2)N=C1c1ccccc1.C1=C\CC/C=C\CC/1.[Rh]. The molecule has 0 bridgehead atoms. The molecule has 0 saturated heterocycles. The van der Waals surface area contributed by atoms with Crippen LogP contribution in [0.25, 0.3) is 28.0 Å². The summed E-state index contributed by atoms with van der Waals surface area (Å²) in [5.41, 5.74) is 8.08. The molecule has 0 saturated carbocycles. The third kappa shape index (κ3) is 7.84. The van der Waals surface area contributed by atoms with Crippen molar-refractivity contribution in [2.75, 3.05) is 0 Å². The minimum absolute atomic E-state index is 0. The molecule has 44 heavy (non-hydrogen) atoms. The molecule has 1 radical (unpaired) electrons. The van der Waals surface area contributed by atoms with Gasteiger partial charge in [-0.15, -0.1) is 0 Å². The third-order valence-electron chi connectivity index (χ3n) is 7.35. The number of allylic oxidation sites excluding steroid dienone is 5. The van der Waals surface area contributed by atoms with E-state index in [2.05, 4.69) is 85.0 Å². The Morgan fingerprint density at radius 3 is 1.50 bits per heavy atom. The van der Waals surface area contributed by atoms with E-state index in [1.807, 2.05) is 72.8 Å². The Bertz CT molecular complexity index is 1750. The molecular weight excluding hydrogens is 625 g/mol. The first-order chi connectivity index (χ1) is 21.3. The Labute approximate surface area is 273 Å². The molecule has 0 N–H and O–H groups in total. The van der Waals surface area contributed by atoms with Crippen molar-refractivity contribution in [2.45, 2.75) is 25.7 Å². The maximum absolute atomic E-state index is 5.06. The van der Waals surface area contributed by atoms with Crippen molar-refractivity contribution < 1.29 is 19.5 Å². The zero-order valence-corrected chi connectivity index (χ0v) is 26.2. The molecule has 4 heteroatoms. The second kappa shape index (κ2) is 15.7. The number of hydrogen-bond acceptors (Lipinski definition) is 1. The van der Waals surface area contributed by atoms with Gasteiger partial charge in [-0.2, -0.15) is 0 Å². The minimum atomic E-state index is 0. The van der Waals surface area contributed by atoms with Gasteiger partial charge in [-0.3, -0.25) is 4.99 Å². The monoisotopic (exact) mass is 659 g/mol. The molecule has 0 spiro atoms. The van der Waals surface area contributed by atoms with Crippen LogP contribution in [0.1, 0.15) is 36.8 Å². The standard InChI is InChI=1S/C32H22N3.C8H12.Rh/c1-5-13-23(14-6-1)27-21-29(25-17-9-3-10-18-25)33-31(27)35-32-28(24-15-7-2-8-16-24)22-30(34-32)26-19-11-4-12-20-26;1-2-4-6-8-7-5-3-1;/h1-22H;1-2,7-8H,3-6H2;/q-1;;/b35-31-;2-1-,8-7-;. The van der Waals surface area contributed by atoms with Crippen LogP contribution in [0.2, 0.25) is 0 Å². The first-order valence-corrected chi connectivity index (χ1v) is 14.9. The Morgan fingerprint density at radius 1 is 0.523 bits per heavy atom. The smallest absolute Gasteiger partial charge is 0.0712 e. The predicted molar refractivity (Wildman–Crippen MR) is 182 cm³/mol. The van der Waals surface area contributed by atoms with Gasteiger partial charge in [0.05, 0.1) is 11.5 Å². The fourth-order valence-corrected chi connectivity index (χ4v) is 5.12. The van der Waals surface area contributed by atoms with Crippen molar-refractivity contribution in [1.82, 2.24) is 4.98 Å². The summed E-state index contributed by atoms with van der Waals surface area (Å²) in [6, 6.07) is 43.1. The van der Waals surface area contributed by atoms with E-state index in [0.717, 1.165) is 44.8 Å². The molecule has 1 aromatic heterocycles. The van der Waals surface area contributed by atoms with Gasteiger partial charge < -0.3 is 9.98 Å². The van der Waals surface area contributed by atoms with E-state index in [-0.39, 0.29) is 19.5 Å². The van der Waals surface area contributed by atoms with Crippen LogP contribution in [0.3, 0.4) is 0 Å². The van der Waals surface area contributed by atoms with Crippen LogP contribution in [0.4, 0.5) is 5.82 Å². The molecule has 2 heterocycles. The van der Waals surface area contributed by atoms with Crippen LogP contribution in [0.15, 0.2) is 168 Å². The zero-order chi connectivity index (χ0) is 29.1. The number of aliphatic imine (C=N–C) groups is 2. The zero-order valence-electron chi connectivity index (χ0n) is 24.5. The summed E-state index contributed by atoms with van der Waals surface area (Å²) in [5.74, 6) is 1.34. The van der Waals surface area contributed by atoms with Crippen LogP contribution < -0.4 is 4.98 Å². The van der Waals surface area contributed by atoms with Crippen LogP contribution in [0.5, 0.6) is 0 Å². The number of aromatic nitrogens is 1. The van der Waals surface area contributed by atoms with Gasteiger partial charge in [0.25, 0.3) is 0 Å². The second-order valence-corrected chi connectivity index (χ2v) is 10.4. The van der Waals surface area contributed by atoms with Gasteiger partial charge >= 0.3 is 0 Å². The molecule has 5 aromatic rings. The number of benzene rings is 4. The molecule has 2 aliphatic rings. The largest absolute Gasteiger partial charge is 0.435 e. The minimum Gasteiger partial charge on any atom is -0.435 e. The number of rotatable bonds is 5. The Balaban J connectivity index is 0.000000373. The summed E-state index contributed by atoms with van der Waals surface area (Å²) < 4.78 is 0. The normalized spacial score (nSPS) is 16.3. The molecule has 3 nitrogen and oxygen atoms in total. The summed E-state index contributed by atoms with van der Waals surface area (Å²) >= 11 is 0. The molecule has 0 atom stereocenters. The Hall–Kier alpha value is -4.66. The van der Waals surface area contributed by atoms with Crippen molar-refractivity contribution in [3.05, 3.63) is 169 Å². The molecule has 7 rings (SSSR count). The Kier molecular flexibility index (Phi) is 11.0. The quantitative estimate of drug-likeness (QED) is 0.137. The number of nitrogens with zero attached hydrogens (tertiary/aromatic N) is 3. The molecule has 4 aromatic carbocycles. The summed E-state index contributed by atoms with van der Waals surface area (Å²) in [7, 11) is 0. The third-order valence-corrected chi connectivity index (χ3v) is 7.35. The van der Waals surface area contributed by atoms with Crippen molar-refractivity contribution >= 4 is 22.9 Å². The van der Waals surface area contributed by atoms with Crippen molar-refractivity contribution in [3.8, 4) is 22.4 Å². The van der Waals surface area contributed by atoms with Crippen LogP contribution in [0, 0.1) is 0 Å². The van der Waals surface area contributed by atoms with Gasteiger partial charge in [-0.1, -0.05) is 152 Å². The topological polar surface area (TPSA) is 38.8 Å². The fourth-order valence-electron chi connectivity index (χ4n) is 5.12. The molecule has 0 unspecified atom stereocenters. The van der Waals surface area contributed by atoms with E-state index in [0.29, 0.717) is 11.7 Å².